The monoisotopic (exact) mass is 265 g/mol. The molecule has 1 rings (SSSR count). The minimum Gasteiger partial charge on any atom is -0.316 e. The van der Waals surface area contributed by atoms with E-state index in [1.807, 2.05) is 20.8 Å². The Morgan fingerprint density at radius 3 is 2.16 bits per heavy atom. The van der Waals surface area contributed by atoms with E-state index < -0.39 is 0 Å². The second-order valence-electron chi connectivity index (χ2n) is 8.02. The number of hydrogen-bond donors (Lipinski definition) is 0. The molecule has 0 saturated heterocycles. The summed E-state index contributed by atoms with van der Waals surface area (Å²) in [6, 6.07) is 0. The van der Waals surface area contributed by atoms with Crippen LogP contribution < -0.4 is 0 Å². The van der Waals surface area contributed by atoms with Crippen molar-refractivity contribution in [2.24, 2.45) is 16.7 Å². The third-order valence-corrected chi connectivity index (χ3v) is 4.20. The van der Waals surface area contributed by atoms with Crippen LogP contribution in [0.1, 0.15) is 68.2 Å². The van der Waals surface area contributed by atoms with E-state index in [1.54, 1.807) is 0 Å². The maximum atomic E-state index is 12.7. The highest BCUT2D eigenvalue weighted by molar-refractivity contribution is 5.83. The summed E-state index contributed by atoms with van der Waals surface area (Å²) >= 11 is 0. The van der Waals surface area contributed by atoms with Crippen molar-refractivity contribution >= 4 is 5.91 Å². The van der Waals surface area contributed by atoms with E-state index in [0.717, 1.165) is 19.4 Å². The molecule has 0 N–H and O–H groups in total. The Balaban J connectivity index is 3.13. The largest absolute Gasteiger partial charge is 0.316 e. The molecule has 0 aromatic carbocycles. The van der Waals surface area contributed by atoms with Crippen LogP contribution in [0.2, 0.25) is 0 Å². The molecule has 0 aliphatic heterocycles. The number of hydrogen-bond acceptors (Lipinski definition) is 1. The topological polar surface area (TPSA) is 20.3 Å². The highest BCUT2D eigenvalue weighted by Crippen LogP contribution is 2.44. The number of allylic oxidation sites excluding steroid dienone is 2. The molecular weight excluding hydrogens is 234 g/mol. The fourth-order valence-corrected chi connectivity index (χ4v) is 2.62. The van der Waals surface area contributed by atoms with Crippen molar-refractivity contribution < 1.29 is 4.79 Å². The molecule has 19 heavy (non-hydrogen) atoms. The van der Waals surface area contributed by atoms with Gasteiger partial charge in [-0.25, -0.2) is 0 Å². The quantitative estimate of drug-likeness (QED) is 0.729. The van der Waals surface area contributed by atoms with Crippen LogP contribution in [0.15, 0.2) is 11.3 Å². The van der Waals surface area contributed by atoms with Crippen molar-refractivity contribution in [3.8, 4) is 0 Å². The number of rotatable bonds is 3. The predicted octanol–water partition coefficient (Wildman–Crippen LogP) is 4.61. The Bertz CT molecular complexity index is 383. The lowest BCUT2D eigenvalue weighted by Gasteiger charge is -2.33. The van der Waals surface area contributed by atoms with Gasteiger partial charge in [-0.05, 0) is 36.7 Å². The summed E-state index contributed by atoms with van der Waals surface area (Å²) in [5.74, 6) is 0.753. The van der Waals surface area contributed by atoms with Gasteiger partial charge in [0.2, 0.25) is 5.91 Å². The van der Waals surface area contributed by atoms with Gasteiger partial charge in [-0.3, -0.25) is 4.79 Å². The summed E-state index contributed by atoms with van der Waals surface area (Å²) in [5.41, 5.74) is 2.60. The Labute approximate surface area is 119 Å². The van der Waals surface area contributed by atoms with Gasteiger partial charge in [-0.1, -0.05) is 48.5 Å². The molecular formula is C17H31NO. The fraction of sp³-hybridized carbons (Fsp3) is 0.824. The van der Waals surface area contributed by atoms with E-state index in [2.05, 4.69) is 39.5 Å². The molecule has 0 unspecified atom stereocenters. The minimum atomic E-state index is -0.311. The first-order valence-electron chi connectivity index (χ1n) is 7.49. The van der Waals surface area contributed by atoms with Crippen molar-refractivity contribution in [1.29, 1.82) is 0 Å². The van der Waals surface area contributed by atoms with Crippen LogP contribution >= 0.6 is 0 Å². The van der Waals surface area contributed by atoms with Crippen LogP contribution in [0.5, 0.6) is 0 Å². The van der Waals surface area contributed by atoms with Gasteiger partial charge in [0.05, 0.1) is 0 Å². The SMILES string of the molecule is CC1=C(N(CC(C)C)C(=O)C(C)(C)C)CCC1(C)C. The van der Waals surface area contributed by atoms with Crippen LogP contribution in [0, 0.1) is 16.7 Å². The lowest BCUT2D eigenvalue weighted by molar-refractivity contribution is -0.138. The Morgan fingerprint density at radius 1 is 1.32 bits per heavy atom. The smallest absolute Gasteiger partial charge is 0.232 e. The second-order valence-corrected chi connectivity index (χ2v) is 8.02. The average molecular weight is 265 g/mol. The third kappa shape index (κ3) is 3.61. The van der Waals surface area contributed by atoms with Crippen LogP contribution in [-0.4, -0.2) is 17.4 Å². The lowest BCUT2D eigenvalue weighted by atomic mass is 9.86. The van der Waals surface area contributed by atoms with Gasteiger partial charge in [0, 0.05) is 17.7 Å². The van der Waals surface area contributed by atoms with Crippen molar-refractivity contribution in [3.05, 3.63) is 11.3 Å². The Kier molecular flexibility index (Phi) is 4.54. The van der Waals surface area contributed by atoms with E-state index in [4.69, 9.17) is 0 Å². The molecule has 0 aromatic heterocycles. The molecule has 0 fully saturated rings. The summed E-state index contributed by atoms with van der Waals surface area (Å²) in [6.45, 7) is 18.0. The van der Waals surface area contributed by atoms with Crippen molar-refractivity contribution in [1.82, 2.24) is 4.90 Å². The van der Waals surface area contributed by atoms with Crippen LogP contribution in [0.25, 0.3) is 0 Å². The maximum absolute atomic E-state index is 12.7. The summed E-state index contributed by atoms with van der Waals surface area (Å²) in [6.07, 6.45) is 2.19. The van der Waals surface area contributed by atoms with E-state index in [1.165, 1.54) is 11.3 Å². The molecule has 0 bridgehead atoms. The molecule has 0 atom stereocenters. The molecule has 1 amide bonds. The molecule has 2 nitrogen and oxygen atoms in total. The van der Waals surface area contributed by atoms with Gasteiger partial charge in [0.15, 0.2) is 0 Å². The molecule has 110 valence electrons. The van der Waals surface area contributed by atoms with E-state index >= 15 is 0 Å². The standard InChI is InChI=1S/C17H31NO/c1-12(2)11-18(15(19)16(4,5)6)14-9-10-17(7,8)13(14)3/h12H,9-11H2,1-8H3. The van der Waals surface area contributed by atoms with Crippen molar-refractivity contribution in [3.63, 3.8) is 0 Å². The van der Waals surface area contributed by atoms with E-state index in [-0.39, 0.29) is 16.7 Å². The molecule has 0 heterocycles. The first kappa shape index (κ1) is 16.3. The van der Waals surface area contributed by atoms with Crippen molar-refractivity contribution in [2.45, 2.75) is 68.2 Å². The van der Waals surface area contributed by atoms with Crippen LogP contribution in [0.3, 0.4) is 0 Å². The Hall–Kier alpha value is -0.790. The first-order chi connectivity index (χ1) is 8.47. The molecule has 0 radical (unpaired) electrons. The molecule has 0 saturated carbocycles. The Morgan fingerprint density at radius 2 is 1.84 bits per heavy atom. The number of carbonyl (C=O) groups excluding carboxylic acids is 1. The normalized spacial score (nSPS) is 19.2. The molecule has 0 spiro atoms. The maximum Gasteiger partial charge on any atom is 0.232 e. The second kappa shape index (κ2) is 5.30. The highest BCUT2D eigenvalue weighted by Gasteiger charge is 2.36. The zero-order chi connectivity index (χ0) is 15.0. The molecule has 1 aliphatic rings. The van der Waals surface area contributed by atoms with Gasteiger partial charge in [-0.15, -0.1) is 0 Å². The fourth-order valence-electron chi connectivity index (χ4n) is 2.62. The van der Waals surface area contributed by atoms with Gasteiger partial charge in [-0.2, -0.15) is 0 Å². The number of nitrogens with zero attached hydrogens (tertiary/aromatic N) is 1. The number of amides is 1. The zero-order valence-electron chi connectivity index (χ0n) is 14.1. The average Bonchev–Trinajstić information content (AvgIpc) is 2.49. The van der Waals surface area contributed by atoms with Crippen LogP contribution in [-0.2, 0) is 4.79 Å². The molecule has 1 aliphatic carbocycles. The van der Waals surface area contributed by atoms with Crippen LogP contribution in [0.4, 0.5) is 0 Å². The molecule has 2 heteroatoms. The summed E-state index contributed by atoms with van der Waals surface area (Å²) < 4.78 is 0. The minimum absolute atomic E-state index is 0.239. The first-order valence-corrected chi connectivity index (χ1v) is 7.49. The predicted molar refractivity (Wildman–Crippen MR) is 81.7 cm³/mol. The van der Waals surface area contributed by atoms with Crippen molar-refractivity contribution in [2.75, 3.05) is 6.54 Å². The summed E-state index contributed by atoms with van der Waals surface area (Å²) in [5, 5.41) is 0. The highest BCUT2D eigenvalue weighted by atomic mass is 16.2. The third-order valence-electron chi connectivity index (χ3n) is 4.20. The van der Waals surface area contributed by atoms with Gasteiger partial charge in [0.25, 0.3) is 0 Å². The van der Waals surface area contributed by atoms with E-state index in [9.17, 15) is 4.79 Å². The lowest BCUT2D eigenvalue weighted by Crippen LogP contribution is -2.41. The molecule has 0 aromatic rings. The van der Waals surface area contributed by atoms with Gasteiger partial charge < -0.3 is 4.90 Å². The van der Waals surface area contributed by atoms with Gasteiger partial charge >= 0.3 is 0 Å². The number of carbonyl (C=O) groups is 1. The summed E-state index contributed by atoms with van der Waals surface area (Å²) in [7, 11) is 0. The zero-order valence-corrected chi connectivity index (χ0v) is 14.1. The summed E-state index contributed by atoms with van der Waals surface area (Å²) in [4.78, 5) is 14.8. The van der Waals surface area contributed by atoms with E-state index in [0.29, 0.717) is 5.92 Å². The van der Waals surface area contributed by atoms with Gasteiger partial charge in [0.1, 0.15) is 0 Å².